The summed E-state index contributed by atoms with van der Waals surface area (Å²) in [7, 11) is -3.82. The van der Waals surface area contributed by atoms with Crippen molar-refractivity contribution in [2.24, 2.45) is 0 Å². The highest BCUT2D eigenvalue weighted by atomic mass is 32.2. The van der Waals surface area contributed by atoms with E-state index in [1.165, 1.54) is 18.2 Å². The number of sulfone groups is 1. The van der Waals surface area contributed by atoms with Crippen LogP contribution in [-0.4, -0.2) is 31.2 Å². The van der Waals surface area contributed by atoms with Crippen molar-refractivity contribution in [1.29, 1.82) is 0 Å². The summed E-state index contributed by atoms with van der Waals surface area (Å²) in [6.07, 6.45) is 0.757. The quantitative estimate of drug-likeness (QED) is 0.828. The molecule has 0 radical (unpaired) electrons. The number of rotatable bonds is 3. The predicted molar refractivity (Wildman–Crippen MR) is 63.1 cm³/mol. The molecule has 0 fully saturated rings. The summed E-state index contributed by atoms with van der Waals surface area (Å²) in [5, 5.41) is 11.2. The van der Waals surface area contributed by atoms with Crippen molar-refractivity contribution in [1.82, 2.24) is 0 Å². The zero-order chi connectivity index (χ0) is 13.3. The highest BCUT2D eigenvalue weighted by Gasteiger charge is 2.22. The SMILES string of the molecule is O=C(O)CS(=O)(=O)c1ccc2c(c1)CCC(=O)N2. The number of nitrogens with one attached hydrogen (secondary N) is 1. The molecule has 6 nitrogen and oxygen atoms in total. The Hall–Kier alpha value is -1.89. The molecule has 1 heterocycles. The second-order valence-corrected chi connectivity index (χ2v) is 6.01. The Labute approximate surface area is 104 Å². The number of fused-ring (bicyclic) bond motifs is 1. The molecule has 1 aliphatic heterocycles. The number of hydrogen-bond acceptors (Lipinski definition) is 4. The van der Waals surface area contributed by atoms with Crippen molar-refractivity contribution in [3.05, 3.63) is 23.8 Å². The molecule has 2 N–H and O–H groups in total. The molecule has 0 spiro atoms. The van der Waals surface area contributed by atoms with Crippen LogP contribution in [0.4, 0.5) is 5.69 Å². The molecule has 0 saturated heterocycles. The molecule has 1 amide bonds. The van der Waals surface area contributed by atoms with E-state index in [4.69, 9.17) is 5.11 Å². The summed E-state index contributed by atoms with van der Waals surface area (Å²) < 4.78 is 23.4. The number of carboxylic acid groups (broad SMARTS) is 1. The number of benzene rings is 1. The Morgan fingerprint density at radius 2 is 2.06 bits per heavy atom. The van der Waals surface area contributed by atoms with Crippen molar-refractivity contribution in [3.8, 4) is 0 Å². The molecule has 0 atom stereocenters. The van der Waals surface area contributed by atoms with E-state index in [0.29, 0.717) is 24.1 Å². The second kappa shape index (κ2) is 4.41. The highest BCUT2D eigenvalue weighted by molar-refractivity contribution is 7.92. The van der Waals surface area contributed by atoms with Gasteiger partial charge in [-0.1, -0.05) is 0 Å². The molecule has 0 aromatic heterocycles. The Balaban J connectivity index is 2.38. The standard InChI is InChI=1S/C11H11NO5S/c13-10-4-1-7-5-8(2-3-9(7)12-10)18(16,17)6-11(14)15/h2-3,5H,1,4,6H2,(H,12,13)(H,14,15). The molecular weight excluding hydrogens is 258 g/mol. The average molecular weight is 269 g/mol. The van der Waals surface area contributed by atoms with E-state index in [-0.39, 0.29) is 10.8 Å². The highest BCUT2D eigenvalue weighted by Crippen LogP contribution is 2.25. The van der Waals surface area contributed by atoms with Crippen molar-refractivity contribution >= 4 is 27.4 Å². The van der Waals surface area contributed by atoms with E-state index in [1.54, 1.807) is 0 Å². The van der Waals surface area contributed by atoms with E-state index >= 15 is 0 Å². The maximum absolute atomic E-state index is 11.7. The minimum absolute atomic E-state index is 0.0280. The second-order valence-electron chi connectivity index (χ2n) is 4.02. The molecule has 18 heavy (non-hydrogen) atoms. The van der Waals surface area contributed by atoms with Crippen molar-refractivity contribution in [3.63, 3.8) is 0 Å². The molecule has 1 aromatic rings. The van der Waals surface area contributed by atoms with Crippen LogP contribution >= 0.6 is 0 Å². The number of aryl methyl sites for hydroxylation is 1. The average Bonchev–Trinajstić information content (AvgIpc) is 2.26. The lowest BCUT2D eigenvalue weighted by atomic mass is 10.0. The van der Waals surface area contributed by atoms with Gasteiger partial charge in [-0.25, -0.2) is 8.42 Å². The van der Waals surface area contributed by atoms with Crippen LogP contribution in [0, 0.1) is 0 Å². The van der Waals surface area contributed by atoms with Crippen LogP contribution in [-0.2, 0) is 25.8 Å². The van der Waals surface area contributed by atoms with Crippen LogP contribution in [0.1, 0.15) is 12.0 Å². The summed E-state index contributed by atoms with van der Waals surface area (Å²) in [6.45, 7) is 0. The van der Waals surface area contributed by atoms with Crippen LogP contribution in [0.15, 0.2) is 23.1 Å². The fourth-order valence-electron chi connectivity index (χ4n) is 1.80. The molecule has 7 heteroatoms. The minimum Gasteiger partial charge on any atom is -0.480 e. The van der Waals surface area contributed by atoms with Gasteiger partial charge in [0.1, 0.15) is 0 Å². The first-order valence-electron chi connectivity index (χ1n) is 5.26. The van der Waals surface area contributed by atoms with Gasteiger partial charge in [0, 0.05) is 12.1 Å². The lowest BCUT2D eigenvalue weighted by Crippen LogP contribution is -2.20. The van der Waals surface area contributed by atoms with Crippen LogP contribution in [0.25, 0.3) is 0 Å². The van der Waals surface area contributed by atoms with Gasteiger partial charge in [-0.05, 0) is 30.2 Å². The fraction of sp³-hybridized carbons (Fsp3) is 0.273. The van der Waals surface area contributed by atoms with Gasteiger partial charge in [0.25, 0.3) is 0 Å². The molecule has 0 aliphatic carbocycles. The molecular formula is C11H11NO5S. The summed E-state index contributed by atoms with van der Waals surface area (Å²) in [5.41, 5.74) is 1.29. The van der Waals surface area contributed by atoms with Gasteiger partial charge in [-0.3, -0.25) is 9.59 Å². The molecule has 2 rings (SSSR count). The Morgan fingerprint density at radius 1 is 1.33 bits per heavy atom. The first-order chi connectivity index (χ1) is 8.38. The fourth-order valence-corrected chi connectivity index (χ4v) is 2.89. The maximum atomic E-state index is 11.7. The normalized spacial score (nSPS) is 14.8. The number of aliphatic carboxylic acids is 1. The van der Waals surface area contributed by atoms with Gasteiger partial charge >= 0.3 is 5.97 Å². The first kappa shape index (κ1) is 12.6. The molecule has 96 valence electrons. The zero-order valence-corrected chi connectivity index (χ0v) is 10.2. The van der Waals surface area contributed by atoms with Crippen LogP contribution in [0.2, 0.25) is 0 Å². The monoisotopic (exact) mass is 269 g/mol. The van der Waals surface area contributed by atoms with Crippen LogP contribution in [0.5, 0.6) is 0 Å². The van der Waals surface area contributed by atoms with E-state index in [1.807, 2.05) is 0 Å². The zero-order valence-electron chi connectivity index (χ0n) is 9.34. The molecule has 0 unspecified atom stereocenters. The molecule has 1 aromatic carbocycles. The number of carboxylic acids is 1. The van der Waals surface area contributed by atoms with E-state index in [9.17, 15) is 18.0 Å². The number of anilines is 1. The predicted octanol–water partition coefficient (Wildman–Crippen LogP) is 0.430. The first-order valence-corrected chi connectivity index (χ1v) is 6.91. The summed E-state index contributed by atoms with van der Waals surface area (Å²) in [4.78, 5) is 21.6. The largest absolute Gasteiger partial charge is 0.480 e. The third kappa shape index (κ3) is 2.51. The van der Waals surface area contributed by atoms with Gasteiger partial charge in [0.15, 0.2) is 15.6 Å². The number of hydrogen-bond donors (Lipinski definition) is 2. The van der Waals surface area contributed by atoms with Gasteiger partial charge in [0.2, 0.25) is 5.91 Å². The van der Waals surface area contributed by atoms with Crippen molar-refractivity contribution in [2.45, 2.75) is 17.7 Å². The lowest BCUT2D eigenvalue weighted by molar-refractivity contribution is -0.134. The third-order valence-electron chi connectivity index (χ3n) is 2.64. The molecule has 0 bridgehead atoms. The van der Waals surface area contributed by atoms with Gasteiger partial charge in [0.05, 0.1) is 4.90 Å². The number of carbonyl (C=O) groups excluding carboxylic acids is 1. The Morgan fingerprint density at radius 3 is 2.72 bits per heavy atom. The van der Waals surface area contributed by atoms with Crippen LogP contribution < -0.4 is 5.32 Å². The van der Waals surface area contributed by atoms with Gasteiger partial charge in [-0.2, -0.15) is 0 Å². The van der Waals surface area contributed by atoms with E-state index in [2.05, 4.69) is 5.32 Å². The topological polar surface area (TPSA) is 101 Å². The Kier molecular flexibility index (Phi) is 3.08. The third-order valence-corrected chi connectivity index (χ3v) is 4.24. The maximum Gasteiger partial charge on any atom is 0.319 e. The van der Waals surface area contributed by atoms with Crippen molar-refractivity contribution < 1.29 is 23.1 Å². The number of amides is 1. The lowest BCUT2D eigenvalue weighted by Gasteiger charge is -2.17. The summed E-state index contributed by atoms with van der Waals surface area (Å²) in [5.74, 6) is -2.43. The van der Waals surface area contributed by atoms with Crippen molar-refractivity contribution in [2.75, 3.05) is 11.1 Å². The molecule has 1 aliphatic rings. The Bertz CT molecular complexity index is 620. The summed E-state index contributed by atoms with van der Waals surface area (Å²) in [6, 6.07) is 4.22. The minimum atomic E-state index is -3.82. The molecule has 0 saturated carbocycles. The van der Waals surface area contributed by atoms with Gasteiger partial charge < -0.3 is 10.4 Å². The number of carbonyl (C=O) groups is 2. The van der Waals surface area contributed by atoms with E-state index in [0.717, 1.165) is 0 Å². The van der Waals surface area contributed by atoms with E-state index < -0.39 is 21.6 Å². The van der Waals surface area contributed by atoms with Gasteiger partial charge in [-0.15, -0.1) is 0 Å². The van der Waals surface area contributed by atoms with Crippen LogP contribution in [0.3, 0.4) is 0 Å². The summed E-state index contributed by atoms with van der Waals surface area (Å²) >= 11 is 0. The smallest absolute Gasteiger partial charge is 0.319 e.